The van der Waals surface area contributed by atoms with E-state index in [0.717, 1.165) is 29.3 Å². The Morgan fingerprint density at radius 3 is 2.10 bits per heavy atom. The highest BCUT2D eigenvalue weighted by Crippen LogP contribution is 2.56. The van der Waals surface area contributed by atoms with Crippen molar-refractivity contribution >= 4 is 41.1 Å². The van der Waals surface area contributed by atoms with Gasteiger partial charge in [0, 0.05) is 16.1 Å². The summed E-state index contributed by atoms with van der Waals surface area (Å²) in [6, 6.07) is 14.8. The number of halogens is 1. The van der Waals surface area contributed by atoms with Gasteiger partial charge in [0.1, 0.15) is 12.3 Å². The number of carbonyl (C=O) groups excluding carboxylic acids is 5. The van der Waals surface area contributed by atoms with Gasteiger partial charge in [-0.05, 0) is 91.8 Å². The second-order valence-electron chi connectivity index (χ2n) is 10.1. The Kier molecular flexibility index (Phi) is 6.31. The molecule has 9 nitrogen and oxygen atoms in total. The van der Waals surface area contributed by atoms with Gasteiger partial charge in [-0.2, -0.15) is 5.01 Å². The molecule has 0 spiro atoms. The molecule has 2 saturated carbocycles. The average Bonchev–Trinajstić information content (AvgIpc) is 3.74. The van der Waals surface area contributed by atoms with Gasteiger partial charge in [0.15, 0.2) is 5.78 Å². The zero-order chi connectivity index (χ0) is 27.3. The van der Waals surface area contributed by atoms with Gasteiger partial charge in [-0.25, -0.2) is 9.80 Å². The van der Waals surface area contributed by atoms with Crippen molar-refractivity contribution in [2.75, 3.05) is 6.54 Å². The molecule has 0 radical (unpaired) electrons. The number of furan rings is 1. The summed E-state index contributed by atoms with van der Waals surface area (Å²) in [4.78, 5) is 66.1. The van der Waals surface area contributed by atoms with Crippen LogP contribution < -0.4 is 4.74 Å². The maximum absolute atomic E-state index is 13.6. The van der Waals surface area contributed by atoms with E-state index in [9.17, 15) is 24.0 Å². The Morgan fingerprint density at radius 2 is 1.51 bits per heavy atom. The van der Waals surface area contributed by atoms with Crippen molar-refractivity contribution in [2.24, 2.45) is 23.7 Å². The number of Topliss-reactive ketones (excluding diaryl/α,β-unsaturated/α-hetero) is 1. The van der Waals surface area contributed by atoms with E-state index in [1.165, 1.54) is 60.9 Å². The first kappa shape index (κ1) is 25.1. The van der Waals surface area contributed by atoms with E-state index >= 15 is 0 Å². The molecule has 0 N–H and O–H groups in total. The Balaban J connectivity index is 1.25. The number of fused-ring (bicyclic) bond motifs is 5. The Bertz CT molecular complexity index is 1440. The Morgan fingerprint density at radius 1 is 0.897 bits per heavy atom. The monoisotopic (exact) mass is 546 g/mol. The van der Waals surface area contributed by atoms with E-state index in [4.69, 9.17) is 20.8 Å². The molecule has 6 rings (SSSR count). The molecular formula is C29H23ClN2O7. The van der Waals surface area contributed by atoms with Crippen molar-refractivity contribution in [3.63, 3.8) is 0 Å². The van der Waals surface area contributed by atoms with Gasteiger partial charge in [0.25, 0.3) is 17.7 Å². The lowest BCUT2D eigenvalue weighted by molar-refractivity contribution is -0.155. The molecule has 2 heterocycles. The summed E-state index contributed by atoms with van der Waals surface area (Å²) in [5, 5.41) is 2.27. The first-order valence-corrected chi connectivity index (χ1v) is 13.0. The fourth-order valence-corrected chi connectivity index (χ4v) is 6.22. The first-order valence-electron chi connectivity index (χ1n) is 12.7. The lowest BCUT2D eigenvalue weighted by Gasteiger charge is -2.30. The molecule has 2 aliphatic carbocycles. The molecule has 3 aromatic rings. The van der Waals surface area contributed by atoms with Gasteiger partial charge < -0.3 is 9.15 Å². The number of amides is 3. The molecule has 3 amide bonds. The maximum Gasteiger partial charge on any atom is 0.379 e. The summed E-state index contributed by atoms with van der Waals surface area (Å²) in [7, 11) is 0. The molecular weight excluding hydrogens is 524 g/mol. The fraction of sp³-hybridized carbons (Fsp3) is 0.276. The molecule has 1 saturated heterocycles. The van der Waals surface area contributed by atoms with Crippen LogP contribution in [0.2, 0.25) is 5.02 Å². The molecule has 2 aromatic carbocycles. The van der Waals surface area contributed by atoms with E-state index in [1.807, 2.05) is 0 Å². The molecule has 2 bridgehead atoms. The molecule has 10 heteroatoms. The van der Waals surface area contributed by atoms with E-state index in [0.29, 0.717) is 5.02 Å². The van der Waals surface area contributed by atoms with Gasteiger partial charge >= 0.3 is 5.97 Å². The van der Waals surface area contributed by atoms with Crippen molar-refractivity contribution < 1.29 is 33.1 Å². The molecule has 4 atom stereocenters. The third kappa shape index (κ3) is 4.42. The number of hydrogen-bond donors (Lipinski definition) is 0. The number of nitrogens with zero attached hydrogens (tertiary/aromatic N) is 2. The third-order valence-corrected chi connectivity index (χ3v) is 8.13. The summed E-state index contributed by atoms with van der Waals surface area (Å²) >= 11 is 5.98. The smallest absolute Gasteiger partial charge is 0.379 e. The van der Waals surface area contributed by atoms with Crippen molar-refractivity contribution in [1.82, 2.24) is 10.0 Å². The van der Waals surface area contributed by atoms with Gasteiger partial charge in [-0.3, -0.25) is 19.2 Å². The Labute approximate surface area is 228 Å². The van der Waals surface area contributed by atoms with Gasteiger partial charge in [-0.1, -0.05) is 11.6 Å². The van der Waals surface area contributed by atoms with Crippen LogP contribution >= 0.6 is 11.6 Å². The zero-order valence-corrected chi connectivity index (χ0v) is 21.4. The van der Waals surface area contributed by atoms with E-state index in [2.05, 4.69) is 0 Å². The summed E-state index contributed by atoms with van der Waals surface area (Å²) in [5.41, 5.74) is 0.397. The minimum Gasteiger partial charge on any atom is -0.457 e. The average molecular weight is 547 g/mol. The van der Waals surface area contributed by atoms with Crippen molar-refractivity contribution in [1.29, 1.82) is 0 Å². The summed E-state index contributed by atoms with van der Waals surface area (Å²) < 4.78 is 10.3. The van der Waals surface area contributed by atoms with Gasteiger partial charge in [0.2, 0.25) is 5.76 Å². The highest BCUT2D eigenvalue weighted by molar-refractivity contribution is 6.30. The van der Waals surface area contributed by atoms with Crippen molar-refractivity contribution in [3.05, 3.63) is 88.8 Å². The van der Waals surface area contributed by atoms with Crippen LogP contribution in [0.1, 0.15) is 50.5 Å². The van der Waals surface area contributed by atoms with E-state index in [-0.39, 0.29) is 34.5 Å². The van der Waals surface area contributed by atoms with E-state index in [1.54, 1.807) is 6.07 Å². The normalized spacial score (nSPS) is 23.2. The summed E-state index contributed by atoms with van der Waals surface area (Å²) in [5.74, 6) is -3.11. The lowest BCUT2D eigenvalue weighted by atomic mass is 9.81. The predicted octanol–water partition coefficient (Wildman–Crippen LogP) is 4.42. The number of benzene rings is 2. The van der Waals surface area contributed by atoms with Gasteiger partial charge in [-0.15, -0.1) is 0 Å². The number of rotatable bonds is 7. The highest BCUT2D eigenvalue weighted by Gasteiger charge is 2.62. The number of ether oxygens (including phenoxy) is 1. The number of imide groups is 1. The van der Waals surface area contributed by atoms with Gasteiger partial charge in [0.05, 0.1) is 18.1 Å². The molecule has 1 aromatic heterocycles. The summed E-state index contributed by atoms with van der Waals surface area (Å²) in [6.07, 6.45) is 3.98. The van der Waals surface area contributed by atoms with Crippen LogP contribution in [0, 0.1) is 23.7 Å². The van der Waals surface area contributed by atoms with Crippen LogP contribution in [0.5, 0.6) is 5.75 Å². The number of ketones is 1. The maximum atomic E-state index is 13.6. The molecule has 39 heavy (non-hydrogen) atoms. The van der Waals surface area contributed by atoms with Crippen LogP contribution in [0.15, 0.2) is 71.3 Å². The molecule has 198 valence electrons. The van der Waals surface area contributed by atoms with Crippen LogP contribution in [0.4, 0.5) is 0 Å². The minimum absolute atomic E-state index is 0.0321. The van der Waals surface area contributed by atoms with E-state index < -0.39 is 47.9 Å². The number of esters is 1. The second-order valence-corrected chi connectivity index (χ2v) is 10.5. The Hall–Kier alpha value is -4.24. The molecule has 1 aliphatic heterocycles. The van der Waals surface area contributed by atoms with Crippen LogP contribution in [0.3, 0.4) is 0 Å². The molecule has 3 aliphatic rings. The summed E-state index contributed by atoms with van der Waals surface area (Å²) in [6.45, 7) is -0.529. The number of carbonyl (C=O) groups is 5. The molecule has 3 fully saturated rings. The predicted molar refractivity (Wildman–Crippen MR) is 137 cm³/mol. The third-order valence-electron chi connectivity index (χ3n) is 7.87. The largest absolute Gasteiger partial charge is 0.457 e. The quantitative estimate of drug-likeness (QED) is 0.186. The minimum atomic E-state index is -0.690. The number of hydrogen-bond acceptors (Lipinski definition) is 7. The SMILES string of the molecule is O=C(CN(C(=O)c1ccc(Cl)cc1)N1C(=O)[C@H]2[C@H]3CC[C@@H](C3)[C@@H]2C1=O)c1ccc(OC(=O)c2ccco2)cc1. The van der Waals surface area contributed by atoms with Crippen molar-refractivity contribution in [3.8, 4) is 5.75 Å². The van der Waals surface area contributed by atoms with Crippen LogP contribution in [-0.4, -0.2) is 46.0 Å². The topological polar surface area (TPSA) is 114 Å². The first-order chi connectivity index (χ1) is 18.8. The number of hydrazine groups is 1. The fourth-order valence-electron chi connectivity index (χ4n) is 6.09. The van der Waals surface area contributed by atoms with Crippen LogP contribution in [-0.2, 0) is 9.59 Å². The standard InChI is InChI=1S/C29H23ClN2O7/c30-20-9-5-17(6-10-20)26(34)31(32-27(35)24-18-3-4-19(14-18)25(24)28(32)36)15-22(33)16-7-11-21(12-8-16)39-29(37)23-2-1-13-38-23/h1-2,5-13,18-19,24-25H,3-4,14-15H2/t18-,19-,24-,25-/m0/s1. The zero-order valence-electron chi connectivity index (χ0n) is 20.6. The van der Waals surface area contributed by atoms with Crippen molar-refractivity contribution in [2.45, 2.75) is 19.3 Å². The van der Waals surface area contributed by atoms with Crippen LogP contribution in [0.25, 0.3) is 0 Å². The highest BCUT2D eigenvalue weighted by atomic mass is 35.5. The second kappa shape index (κ2) is 9.81. The lowest BCUT2D eigenvalue weighted by Crippen LogP contribution is -2.52. The molecule has 0 unspecified atom stereocenters.